The topological polar surface area (TPSA) is 92.7 Å². The molecule has 0 atom stereocenters. The lowest BCUT2D eigenvalue weighted by atomic mass is 10.1. The standard InChI is InChI=1S/C14H11ClN4OS2/c1-21-14-18-12(8-2-4-9(15)5-3-8)10(6-16)13(19-14)22-7-11(17)20/h2-5H,7H2,1H3,(H2,17,20). The first-order valence-electron chi connectivity index (χ1n) is 6.08. The van der Waals surface area contributed by atoms with Crippen LogP contribution in [0.4, 0.5) is 0 Å². The van der Waals surface area contributed by atoms with Crippen LogP contribution < -0.4 is 5.73 Å². The Morgan fingerprint density at radius 1 is 1.36 bits per heavy atom. The molecular formula is C14H11ClN4OS2. The van der Waals surface area contributed by atoms with Crippen LogP contribution in [0.1, 0.15) is 5.56 Å². The molecule has 0 saturated heterocycles. The van der Waals surface area contributed by atoms with Crippen molar-refractivity contribution in [2.45, 2.75) is 10.2 Å². The number of halogens is 1. The van der Waals surface area contributed by atoms with Crippen molar-refractivity contribution in [1.29, 1.82) is 5.26 Å². The number of nitrogens with two attached hydrogens (primary N) is 1. The van der Waals surface area contributed by atoms with E-state index < -0.39 is 5.91 Å². The van der Waals surface area contributed by atoms with Gasteiger partial charge in [-0.1, -0.05) is 47.3 Å². The van der Waals surface area contributed by atoms with Crippen LogP contribution in [0.3, 0.4) is 0 Å². The van der Waals surface area contributed by atoms with Gasteiger partial charge >= 0.3 is 0 Å². The molecule has 2 rings (SSSR count). The fourth-order valence-corrected chi connectivity index (χ4v) is 2.94. The van der Waals surface area contributed by atoms with E-state index in [9.17, 15) is 10.1 Å². The smallest absolute Gasteiger partial charge is 0.227 e. The second-order valence-electron chi connectivity index (χ2n) is 4.11. The number of nitrogens with zero attached hydrogens (tertiary/aromatic N) is 3. The van der Waals surface area contributed by atoms with Gasteiger partial charge in [0.2, 0.25) is 5.91 Å². The average Bonchev–Trinajstić information content (AvgIpc) is 2.52. The van der Waals surface area contributed by atoms with Gasteiger partial charge in [0, 0.05) is 10.6 Å². The largest absolute Gasteiger partial charge is 0.369 e. The van der Waals surface area contributed by atoms with Gasteiger partial charge < -0.3 is 5.73 Å². The van der Waals surface area contributed by atoms with Gasteiger partial charge in [0.25, 0.3) is 0 Å². The van der Waals surface area contributed by atoms with E-state index >= 15 is 0 Å². The van der Waals surface area contributed by atoms with Crippen LogP contribution in [0.25, 0.3) is 11.3 Å². The zero-order valence-corrected chi connectivity index (χ0v) is 13.9. The highest BCUT2D eigenvalue weighted by Crippen LogP contribution is 2.31. The quantitative estimate of drug-likeness (QED) is 0.506. The van der Waals surface area contributed by atoms with Crippen molar-refractivity contribution in [3.63, 3.8) is 0 Å². The van der Waals surface area contributed by atoms with Gasteiger partial charge in [-0.3, -0.25) is 4.79 Å². The minimum absolute atomic E-state index is 0.0551. The molecule has 1 aromatic carbocycles. The molecule has 0 fully saturated rings. The van der Waals surface area contributed by atoms with Gasteiger partial charge in [0.15, 0.2) is 5.16 Å². The summed E-state index contributed by atoms with van der Waals surface area (Å²) >= 11 is 8.38. The third-order valence-electron chi connectivity index (χ3n) is 2.62. The van der Waals surface area contributed by atoms with Gasteiger partial charge in [-0.25, -0.2) is 9.97 Å². The molecule has 1 amide bonds. The molecule has 112 valence electrons. The second-order valence-corrected chi connectivity index (χ2v) is 6.29. The molecular weight excluding hydrogens is 340 g/mol. The third-order valence-corrected chi connectivity index (χ3v) is 4.42. The number of rotatable bonds is 5. The van der Waals surface area contributed by atoms with Gasteiger partial charge in [-0.05, 0) is 18.4 Å². The molecule has 0 aliphatic rings. The lowest BCUT2D eigenvalue weighted by Crippen LogP contribution is -2.13. The van der Waals surface area contributed by atoms with E-state index in [2.05, 4.69) is 16.0 Å². The summed E-state index contributed by atoms with van der Waals surface area (Å²) in [5.74, 6) is -0.411. The molecule has 8 heteroatoms. The monoisotopic (exact) mass is 350 g/mol. The van der Waals surface area contributed by atoms with Crippen molar-refractivity contribution < 1.29 is 4.79 Å². The van der Waals surface area contributed by atoms with E-state index in [1.54, 1.807) is 24.3 Å². The molecule has 0 bridgehead atoms. The highest BCUT2D eigenvalue weighted by molar-refractivity contribution is 8.00. The Labute approximate surface area is 141 Å². The predicted octanol–water partition coefficient (Wildman–Crippen LogP) is 2.97. The zero-order valence-electron chi connectivity index (χ0n) is 11.5. The summed E-state index contributed by atoms with van der Waals surface area (Å²) in [6.07, 6.45) is 1.84. The van der Waals surface area contributed by atoms with Crippen molar-refractivity contribution in [1.82, 2.24) is 9.97 Å². The SMILES string of the molecule is CSc1nc(SCC(N)=O)c(C#N)c(-c2ccc(Cl)cc2)n1. The number of benzene rings is 1. The van der Waals surface area contributed by atoms with Gasteiger partial charge in [0.1, 0.15) is 16.7 Å². The summed E-state index contributed by atoms with van der Waals surface area (Å²) in [5, 5.41) is 11.0. The lowest BCUT2D eigenvalue weighted by molar-refractivity contribution is -0.115. The Bertz CT molecular complexity index is 744. The molecule has 5 nitrogen and oxygen atoms in total. The molecule has 2 aromatic rings. The van der Waals surface area contributed by atoms with Crippen molar-refractivity contribution in [3.05, 3.63) is 34.9 Å². The lowest BCUT2D eigenvalue weighted by Gasteiger charge is -2.09. The van der Waals surface area contributed by atoms with Crippen LogP contribution in [-0.2, 0) is 4.79 Å². The molecule has 0 unspecified atom stereocenters. The molecule has 2 N–H and O–H groups in total. The summed E-state index contributed by atoms with van der Waals surface area (Å²) in [6.45, 7) is 0. The van der Waals surface area contributed by atoms with E-state index in [0.29, 0.717) is 26.5 Å². The maximum absolute atomic E-state index is 11.0. The number of hydrogen-bond donors (Lipinski definition) is 1. The van der Waals surface area contributed by atoms with Crippen LogP contribution in [0.5, 0.6) is 0 Å². The summed E-state index contributed by atoms with van der Waals surface area (Å²) in [6, 6.07) is 9.15. The van der Waals surface area contributed by atoms with Crippen LogP contribution >= 0.6 is 35.1 Å². The average molecular weight is 351 g/mol. The van der Waals surface area contributed by atoms with Crippen LogP contribution in [0, 0.1) is 11.3 Å². The summed E-state index contributed by atoms with van der Waals surface area (Å²) in [4.78, 5) is 19.7. The second kappa shape index (κ2) is 7.49. The van der Waals surface area contributed by atoms with Crippen LogP contribution in [0.15, 0.2) is 34.4 Å². The maximum Gasteiger partial charge on any atom is 0.227 e. The van der Waals surface area contributed by atoms with Crippen molar-refractivity contribution in [2.24, 2.45) is 5.73 Å². The van der Waals surface area contributed by atoms with Crippen molar-refractivity contribution >= 4 is 41.0 Å². The van der Waals surface area contributed by atoms with Crippen LogP contribution in [-0.4, -0.2) is 27.9 Å². The number of thioether (sulfide) groups is 2. The summed E-state index contributed by atoms with van der Waals surface area (Å²) in [5.41, 5.74) is 6.77. The Kier molecular flexibility index (Phi) is 5.66. The Morgan fingerprint density at radius 2 is 2.05 bits per heavy atom. The van der Waals surface area contributed by atoms with E-state index in [-0.39, 0.29) is 5.75 Å². The molecule has 1 aromatic heterocycles. The minimum Gasteiger partial charge on any atom is -0.369 e. The number of amides is 1. The summed E-state index contributed by atoms with van der Waals surface area (Å²) < 4.78 is 0. The number of aromatic nitrogens is 2. The van der Waals surface area contributed by atoms with E-state index in [0.717, 1.165) is 17.3 Å². The number of nitriles is 1. The number of carbonyl (C=O) groups excluding carboxylic acids is 1. The third kappa shape index (κ3) is 3.91. The molecule has 0 aliphatic carbocycles. The fourth-order valence-electron chi connectivity index (χ4n) is 1.67. The Balaban J connectivity index is 2.56. The number of carbonyl (C=O) groups is 1. The van der Waals surface area contributed by atoms with Crippen molar-refractivity contribution in [3.8, 4) is 17.3 Å². The van der Waals surface area contributed by atoms with Gasteiger partial charge in [-0.15, -0.1) is 0 Å². The number of hydrogen-bond acceptors (Lipinski definition) is 6. The van der Waals surface area contributed by atoms with E-state index in [1.165, 1.54) is 11.8 Å². The fraction of sp³-hybridized carbons (Fsp3) is 0.143. The highest BCUT2D eigenvalue weighted by Gasteiger charge is 2.17. The molecule has 0 saturated carbocycles. The first kappa shape index (κ1) is 16.6. The maximum atomic E-state index is 11.0. The van der Waals surface area contributed by atoms with Gasteiger partial charge in [0.05, 0.1) is 11.4 Å². The first-order valence-corrected chi connectivity index (χ1v) is 8.67. The van der Waals surface area contributed by atoms with Crippen molar-refractivity contribution in [2.75, 3.05) is 12.0 Å². The van der Waals surface area contributed by atoms with E-state index in [1.807, 2.05) is 6.26 Å². The normalized spacial score (nSPS) is 10.2. The molecule has 0 spiro atoms. The summed E-state index contributed by atoms with van der Waals surface area (Å²) in [7, 11) is 0. The van der Waals surface area contributed by atoms with Crippen LogP contribution in [0.2, 0.25) is 5.02 Å². The van der Waals surface area contributed by atoms with E-state index in [4.69, 9.17) is 17.3 Å². The zero-order chi connectivity index (χ0) is 16.1. The molecule has 0 radical (unpaired) electrons. The highest BCUT2D eigenvalue weighted by atomic mass is 35.5. The molecule has 1 heterocycles. The first-order chi connectivity index (χ1) is 10.5. The molecule has 0 aliphatic heterocycles. The Hall–Kier alpha value is -1.75. The minimum atomic E-state index is -0.466. The molecule has 22 heavy (non-hydrogen) atoms. The predicted molar refractivity (Wildman–Crippen MR) is 88.9 cm³/mol. The van der Waals surface area contributed by atoms with Gasteiger partial charge in [-0.2, -0.15) is 5.26 Å². The number of primary amides is 1. The Morgan fingerprint density at radius 3 is 2.59 bits per heavy atom.